The lowest BCUT2D eigenvalue weighted by molar-refractivity contribution is 0.102. The molecule has 5 nitrogen and oxygen atoms in total. The van der Waals surface area contributed by atoms with Crippen LogP contribution in [0.2, 0.25) is 10.0 Å². The zero-order valence-corrected chi connectivity index (χ0v) is 12.6. The SMILES string of the molecule is O=C(CSc1nnnn1C1CC1)c1ccc(Cl)cc1Cl. The van der Waals surface area contributed by atoms with Crippen LogP contribution >= 0.6 is 35.0 Å². The molecule has 104 valence electrons. The first-order valence-corrected chi connectivity index (χ1v) is 7.78. The molecule has 0 atom stereocenters. The van der Waals surface area contributed by atoms with Crippen LogP contribution in [0.3, 0.4) is 0 Å². The molecular formula is C12H10Cl2N4OS. The fourth-order valence-corrected chi connectivity index (χ4v) is 3.09. The number of carbonyl (C=O) groups is 1. The lowest BCUT2D eigenvalue weighted by atomic mass is 10.1. The molecule has 0 aliphatic heterocycles. The van der Waals surface area contributed by atoms with Gasteiger partial charge in [-0.3, -0.25) is 4.79 Å². The van der Waals surface area contributed by atoms with E-state index in [1.54, 1.807) is 22.9 Å². The fraction of sp³-hybridized carbons (Fsp3) is 0.333. The maximum atomic E-state index is 12.1. The van der Waals surface area contributed by atoms with E-state index in [1.165, 1.54) is 11.8 Å². The van der Waals surface area contributed by atoms with Gasteiger partial charge in [-0.25, -0.2) is 4.68 Å². The van der Waals surface area contributed by atoms with Crippen LogP contribution in [0.4, 0.5) is 0 Å². The van der Waals surface area contributed by atoms with Crippen molar-refractivity contribution in [1.29, 1.82) is 0 Å². The van der Waals surface area contributed by atoms with Crippen molar-refractivity contribution < 1.29 is 4.79 Å². The molecule has 0 spiro atoms. The average Bonchev–Trinajstić information content (AvgIpc) is 3.15. The van der Waals surface area contributed by atoms with E-state index in [9.17, 15) is 4.79 Å². The van der Waals surface area contributed by atoms with Crippen molar-refractivity contribution in [3.05, 3.63) is 33.8 Å². The van der Waals surface area contributed by atoms with Gasteiger partial charge < -0.3 is 0 Å². The summed E-state index contributed by atoms with van der Waals surface area (Å²) in [5.41, 5.74) is 0.467. The molecule has 1 aliphatic rings. The molecule has 0 unspecified atom stereocenters. The highest BCUT2D eigenvalue weighted by Gasteiger charge is 2.28. The van der Waals surface area contributed by atoms with Crippen LogP contribution in [0.5, 0.6) is 0 Å². The summed E-state index contributed by atoms with van der Waals surface area (Å²) in [6, 6.07) is 5.24. The van der Waals surface area contributed by atoms with Gasteiger partial charge in [0.1, 0.15) is 0 Å². The summed E-state index contributed by atoms with van der Waals surface area (Å²) in [7, 11) is 0. The monoisotopic (exact) mass is 328 g/mol. The third-order valence-electron chi connectivity index (χ3n) is 2.92. The van der Waals surface area contributed by atoms with Crippen LogP contribution in [0.1, 0.15) is 29.2 Å². The Morgan fingerprint density at radius 2 is 2.20 bits per heavy atom. The van der Waals surface area contributed by atoms with E-state index in [1.807, 2.05) is 0 Å². The summed E-state index contributed by atoms with van der Waals surface area (Å²) in [6.45, 7) is 0. The van der Waals surface area contributed by atoms with E-state index in [0.717, 1.165) is 12.8 Å². The maximum absolute atomic E-state index is 12.1. The highest BCUT2D eigenvalue weighted by Crippen LogP contribution is 2.36. The Bertz CT molecular complexity index is 657. The Kier molecular flexibility index (Phi) is 3.96. The number of tetrazole rings is 1. The summed E-state index contributed by atoms with van der Waals surface area (Å²) < 4.78 is 1.78. The molecule has 3 rings (SSSR count). The predicted octanol–water partition coefficient (Wildman–Crippen LogP) is 3.29. The largest absolute Gasteiger partial charge is 0.293 e. The molecule has 0 saturated heterocycles. The number of halogens is 2. The van der Waals surface area contributed by atoms with Gasteiger partial charge in [-0.15, -0.1) is 5.10 Å². The van der Waals surface area contributed by atoms with Crippen LogP contribution < -0.4 is 0 Å². The van der Waals surface area contributed by atoms with E-state index >= 15 is 0 Å². The third-order valence-corrected chi connectivity index (χ3v) is 4.40. The predicted molar refractivity (Wildman–Crippen MR) is 77.6 cm³/mol. The topological polar surface area (TPSA) is 60.7 Å². The Balaban J connectivity index is 1.68. The molecule has 1 aromatic heterocycles. The Morgan fingerprint density at radius 3 is 2.90 bits per heavy atom. The van der Waals surface area contributed by atoms with Gasteiger partial charge in [-0.05, 0) is 41.5 Å². The molecule has 1 aromatic carbocycles. The third kappa shape index (κ3) is 2.97. The lowest BCUT2D eigenvalue weighted by Gasteiger charge is -2.04. The summed E-state index contributed by atoms with van der Waals surface area (Å²) in [5.74, 6) is 0.177. The van der Waals surface area contributed by atoms with E-state index in [2.05, 4.69) is 15.5 Å². The summed E-state index contributed by atoms with van der Waals surface area (Å²) >= 11 is 13.2. The highest BCUT2D eigenvalue weighted by atomic mass is 35.5. The second kappa shape index (κ2) is 5.71. The first-order chi connectivity index (χ1) is 9.65. The first-order valence-electron chi connectivity index (χ1n) is 6.04. The Hall–Kier alpha value is -1.11. The molecule has 0 radical (unpaired) electrons. The number of carbonyl (C=O) groups excluding carboxylic acids is 1. The van der Waals surface area contributed by atoms with Crippen molar-refractivity contribution in [2.75, 3.05) is 5.75 Å². The molecule has 0 amide bonds. The van der Waals surface area contributed by atoms with E-state index in [-0.39, 0.29) is 11.5 Å². The minimum atomic E-state index is -0.0676. The summed E-state index contributed by atoms with van der Waals surface area (Å²) in [5, 5.41) is 13.1. The van der Waals surface area contributed by atoms with Gasteiger partial charge in [0.25, 0.3) is 0 Å². The number of aromatic nitrogens is 4. The molecule has 1 saturated carbocycles. The first kappa shape index (κ1) is 13.9. The molecule has 1 aliphatic carbocycles. The average molecular weight is 329 g/mol. The van der Waals surface area contributed by atoms with Crippen LogP contribution in [-0.4, -0.2) is 31.7 Å². The van der Waals surface area contributed by atoms with E-state index in [4.69, 9.17) is 23.2 Å². The Morgan fingerprint density at radius 1 is 1.40 bits per heavy atom. The van der Waals surface area contributed by atoms with Crippen molar-refractivity contribution in [3.63, 3.8) is 0 Å². The second-order valence-electron chi connectivity index (χ2n) is 4.47. The molecule has 0 bridgehead atoms. The summed E-state index contributed by atoms with van der Waals surface area (Å²) in [4.78, 5) is 12.1. The minimum absolute atomic E-state index is 0.0676. The number of hydrogen-bond acceptors (Lipinski definition) is 5. The number of benzene rings is 1. The standard InChI is InChI=1S/C12H10Cl2N4OS/c13-7-1-4-9(10(14)5-7)11(19)6-20-12-15-16-17-18(12)8-2-3-8/h1,4-5,8H,2-3,6H2. The van der Waals surface area contributed by atoms with Gasteiger partial charge in [-0.2, -0.15) is 0 Å². The number of ketones is 1. The zero-order valence-electron chi connectivity index (χ0n) is 10.3. The molecule has 0 N–H and O–H groups in total. The van der Waals surface area contributed by atoms with Crippen molar-refractivity contribution in [2.24, 2.45) is 0 Å². The fourth-order valence-electron chi connectivity index (χ4n) is 1.75. The highest BCUT2D eigenvalue weighted by molar-refractivity contribution is 7.99. The van der Waals surface area contributed by atoms with Gasteiger partial charge in [0.15, 0.2) is 5.78 Å². The van der Waals surface area contributed by atoms with Gasteiger partial charge in [0.2, 0.25) is 5.16 Å². The molecule has 20 heavy (non-hydrogen) atoms. The van der Waals surface area contributed by atoms with E-state index < -0.39 is 0 Å². The van der Waals surface area contributed by atoms with Crippen molar-refractivity contribution in [1.82, 2.24) is 20.2 Å². The van der Waals surface area contributed by atoms with Gasteiger partial charge >= 0.3 is 0 Å². The van der Waals surface area contributed by atoms with Crippen LogP contribution in [0.15, 0.2) is 23.4 Å². The summed E-state index contributed by atoms with van der Waals surface area (Å²) in [6.07, 6.45) is 2.19. The maximum Gasteiger partial charge on any atom is 0.210 e. The molecule has 1 fully saturated rings. The molecular weight excluding hydrogens is 319 g/mol. The van der Waals surface area contributed by atoms with Crippen molar-refractivity contribution in [2.45, 2.75) is 24.0 Å². The van der Waals surface area contributed by atoms with Gasteiger partial charge in [-0.1, -0.05) is 35.0 Å². The number of rotatable bonds is 5. The molecule has 8 heteroatoms. The molecule has 1 heterocycles. The van der Waals surface area contributed by atoms with Crippen LogP contribution in [0, 0.1) is 0 Å². The normalized spacial score (nSPS) is 14.5. The van der Waals surface area contributed by atoms with Crippen molar-refractivity contribution >= 4 is 40.7 Å². The zero-order chi connectivity index (χ0) is 14.1. The second-order valence-corrected chi connectivity index (χ2v) is 6.26. The number of hydrogen-bond donors (Lipinski definition) is 0. The van der Waals surface area contributed by atoms with Gasteiger partial charge in [0, 0.05) is 10.6 Å². The lowest BCUT2D eigenvalue weighted by Crippen LogP contribution is -2.05. The van der Waals surface area contributed by atoms with Crippen LogP contribution in [0.25, 0.3) is 0 Å². The van der Waals surface area contributed by atoms with Crippen LogP contribution in [-0.2, 0) is 0 Å². The molecule has 2 aromatic rings. The smallest absolute Gasteiger partial charge is 0.210 e. The quantitative estimate of drug-likeness (QED) is 0.622. The minimum Gasteiger partial charge on any atom is -0.293 e. The Labute approximate surface area is 129 Å². The number of Topliss-reactive ketones (excluding diaryl/α,β-unsaturated/α-hetero) is 1. The van der Waals surface area contributed by atoms with Crippen molar-refractivity contribution in [3.8, 4) is 0 Å². The van der Waals surface area contributed by atoms with E-state index in [0.29, 0.717) is 26.8 Å². The number of thioether (sulfide) groups is 1. The van der Waals surface area contributed by atoms with Gasteiger partial charge in [0.05, 0.1) is 16.8 Å². The number of nitrogens with zero attached hydrogens (tertiary/aromatic N) is 4.